The normalized spacial score (nSPS) is 24.6. The van der Waals surface area contributed by atoms with Crippen LogP contribution in [0.2, 0.25) is 0 Å². The van der Waals surface area contributed by atoms with Crippen LogP contribution in [0.15, 0.2) is 23.0 Å². The Morgan fingerprint density at radius 3 is 3.08 bits per heavy atom. The predicted octanol–water partition coefficient (Wildman–Crippen LogP) is 0.477. The molecule has 0 saturated carbocycles. The Bertz CT molecular complexity index is 899. The number of rotatable bonds is 1. The second-order valence-electron chi connectivity index (χ2n) is 7.36. The molecule has 5 heterocycles. The van der Waals surface area contributed by atoms with E-state index in [0.29, 0.717) is 31.2 Å². The van der Waals surface area contributed by atoms with Crippen LogP contribution in [0, 0.1) is 5.92 Å². The van der Waals surface area contributed by atoms with Crippen molar-refractivity contribution in [3.8, 4) is 0 Å². The number of amides is 1. The molecule has 2 N–H and O–H groups in total. The van der Waals surface area contributed by atoms with E-state index in [0.717, 1.165) is 42.9 Å². The van der Waals surface area contributed by atoms with Crippen molar-refractivity contribution in [1.82, 2.24) is 25.0 Å². The van der Waals surface area contributed by atoms with Gasteiger partial charge in [-0.15, -0.1) is 0 Å². The molecule has 2 aromatic rings. The van der Waals surface area contributed by atoms with Crippen molar-refractivity contribution < 1.29 is 4.79 Å². The van der Waals surface area contributed by atoms with Gasteiger partial charge in [-0.05, 0) is 31.4 Å². The first-order valence-corrected chi connectivity index (χ1v) is 8.96. The van der Waals surface area contributed by atoms with Crippen molar-refractivity contribution in [3.63, 3.8) is 0 Å². The van der Waals surface area contributed by atoms with Gasteiger partial charge in [0, 0.05) is 49.4 Å². The number of fused-ring (bicyclic) bond motifs is 5. The van der Waals surface area contributed by atoms with Gasteiger partial charge in [-0.2, -0.15) is 5.10 Å². The lowest BCUT2D eigenvalue weighted by Gasteiger charge is -2.42. The predicted molar refractivity (Wildman–Crippen MR) is 91.5 cm³/mol. The highest BCUT2D eigenvalue weighted by Gasteiger charge is 2.37. The number of likely N-dealkylation sites (tertiary alicyclic amines) is 1. The first-order chi connectivity index (χ1) is 12.2. The molecule has 2 aromatic heterocycles. The van der Waals surface area contributed by atoms with Gasteiger partial charge in [0.2, 0.25) is 0 Å². The zero-order valence-electron chi connectivity index (χ0n) is 14.0. The topological polar surface area (TPSA) is 83.0 Å². The van der Waals surface area contributed by atoms with Gasteiger partial charge in [0.05, 0.1) is 5.69 Å². The summed E-state index contributed by atoms with van der Waals surface area (Å²) >= 11 is 0. The van der Waals surface area contributed by atoms with Crippen molar-refractivity contribution in [2.24, 2.45) is 5.92 Å². The molecule has 2 atom stereocenters. The maximum atomic E-state index is 13.1. The van der Waals surface area contributed by atoms with Gasteiger partial charge in [0.1, 0.15) is 0 Å². The summed E-state index contributed by atoms with van der Waals surface area (Å²) in [6.45, 7) is 3.71. The van der Waals surface area contributed by atoms with Crippen LogP contribution in [-0.4, -0.2) is 45.2 Å². The molecule has 0 spiro atoms. The van der Waals surface area contributed by atoms with E-state index in [4.69, 9.17) is 0 Å². The van der Waals surface area contributed by atoms with Gasteiger partial charge in [-0.3, -0.25) is 14.7 Å². The lowest BCUT2D eigenvalue weighted by Crippen LogP contribution is -2.49. The van der Waals surface area contributed by atoms with E-state index in [-0.39, 0.29) is 17.4 Å². The number of aromatic nitrogens is 3. The second-order valence-corrected chi connectivity index (χ2v) is 7.36. The van der Waals surface area contributed by atoms with Crippen LogP contribution in [-0.2, 0) is 19.5 Å². The zero-order valence-corrected chi connectivity index (χ0v) is 14.0. The van der Waals surface area contributed by atoms with Gasteiger partial charge >= 0.3 is 0 Å². The Morgan fingerprint density at radius 2 is 2.16 bits per heavy atom. The highest BCUT2D eigenvalue weighted by atomic mass is 16.2. The Labute approximate surface area is 145 Å². The van der Waals surface area contributed by atoms with Crippen LogP contribution in [0.4, 0.5) is 0 Å². The lowest BCUT2D eigenvalue weighted by atomic mass is 9.83. The number of H-pyrrole nitrogens is 1. The van der Waals surface area contributed by atoms with Gasteiger partial charge in [0.25, 0.3) is 11.5 Å². The summed E-state index contributed by atoms with van der Waals surface area (Å²) < 4.78 is 1.89. The molecule has 7 nitrogen and oxygen atoms in total. The van der Waals surface area contributed by atoms with Crippen molar-refractivity contribution >= 4 is 5.91 Å². The Kier molecular flexibility index (Phi) is 3.31. The fourth-order valence-electron chi connectivity index (χ4n) is 4.63. The third-order valence-electron chi connectivity index (χ3n) is 5.78. The lowest BCUT2D eigenvalue weighted by molar-refractivity contribution is 0.0587. The molecule has 3 aliphatic rings. The summed E-state index contributed by atoms with van der Waals surface area (Å²) in [6.07, 6.45) is 1.89. The highest BCUT2D eigenvalue weighted by molar-refractivity contribution is 5.94. The molecule has 0 aromatic carbocycles. The molecule has 0 radical (unpaired) electrons. The largest absolute Gasteiger partial charge is 0.336 e. The van der Waals surface area contributed by atoms with Gasteiger partial charge < -0.3 is 14.8 Å². The summed E-state index contributed by atoms with van der Waals surface area (Å²) in [5, 5.41) is 10.6. The van der Waals surface area contributed by atoms with Crippen LogP contribution in [0.3, 0.4) is 0 Å². The minimum absolute atomic E-state index is 0.0285. The molecule has 5 rings (SSSR count). The van der Waals surface area contributed by atoms with Crippen LogP contribution in [0.1, 0.15) is 39.8 Å². The maximum absolute atomic E-state index is 13.1. The number of nitrogens with one attached hydrogen (secondary N) is 2. The maximum Gasteiger partial charge on any atom is 0.274 e. The third-order valence-corrected chi connectivity index (χ3v) is 5.78. The quantitative estimate of drug-likeness (QED) is 0.791. The molecule has 25 heavy (non-hydrogen) atoms. The number of piperidine rings is 1. The average Bonchev–Trinajstić information content (AvgIpc) is 3.06. The molecule has 3 aliphatic heterocycles. The van der Waals surface area contributed by atoms with E-state index >= 15 is 0 Å². The van der Waals surface area contributed by atoms with Gasteiger partial charge in [-0.1, -0.05) is 6.07 Å². The summed E-state index contributed by atoms with van der Waals surface area (Å²) in [7, 11) is 0. The van der Waals surface area contributed by atoms with Crippen LogP contribution in [0.25, 0.3) is 0 Å². The van der Waals surface area contributed by atoms with Crippen molar-refractivity contribution in [2.45, 2.75) is 31.8 Å². The molecule has 130 valence electrons. The molecule has 1 amide bonds. The number of hydrogen-bond donors (Lipinski definition) is 2. The van der Waals surface area contributed by atoms with Crippen molar-refractivity contribution in [2.75, 3.05) is 19.6 Å². The SMILES string of the molecule is O=C(c1n[nH]c2c1CCNC2)N1C[C@@H]2C[C@H](C1)c1cccc(=O)n1C2. The fraction of sp³-hybridized carbons (Fsp3) is 0.500. The summed E-state index contributed by atoms with van der Waals surface area (Å²) in [6, 6.07) is 5.47. The van der Waals surface area contributed by atoms with Crippen molar-refractivity contribution in [3.05, 3.63) is 51.2 Å². The second kappa shape index (κ2) is 5.56. The van der Waals surface area contributed by atoms with E-state index in [1.807, 2.05) is 21.6 Å². The Hall–Kier alpha value is -2.41. The van der Waals surface area contributed by atoms with Crippen LogP contribution >= 0.6 is 0 Å². The third kappa shape index (κ3) is 2.33. The summed E-state index contributed by atoms with van der Waals surface area (Å²) in [4.78, 5) is 27.2. The first-order valence-electron chi connectivity index (χ1n) is 8.96. The van der Waals surface area contributed by atoms with Crippen molar-refractivity contribution in [1.29, 1.82) is 0 Å². The van der Waals surface area contributed by atoms with Gasteiger partial charge in [-0.25, -0.2) is 0 Å². The van der Waals surface area contributed by atoms with E-state index in [1.54, 1.807) is 6.07 Å². The monoisotopic (exact) mass is 339 g/mol. The summed E-state index contributed by atoms with van der Waals surface area (Å²) in [5.41, 5.74) is 3.82. The smallest absolute Gasteiger partial charge is 0.274 e. The summed E-state index contributed by atoms with van der Waals surface area (Å²) in [5.74, 6) is 0.606. The van der Waals surface area contributed by atoms with E-state index in [9.17, 15) is 9.59 Å². The molecule has 1 saturated heterocycles. The molecular weight excluding hydrogens is 318 g/mol. The number of carbonyl (C=O) groups is 1. The molecule has 1 fully saturated rings. The standard InChI is InChI=1S/C18H21N5O2/c24-16-3-1-2-15-12-6-11(9-23(15)16)8-22(10-12)18(25)17-13-4-5-19-7-14(13)20-21-17/h1-3,11-12,19H,4-10H2,(H,20,21)/t11-,12+/m0/s1. The number of carbonyl (C=O) groups excluding carboxylic acids is 1. The molecule has 7 heteroatoms. The molecule has 0 unspecified atom stereocenters. The number of aromatic amines is 1. The van der Waals surface area contributed by atoms with E-state index in [1.165, 1.54) is 0 Å². The van der Waals surface area contributed by atoms with Gasteiger partial charge in [0.15, 0.2) is 5.69 Å². The minimum atomic E-state index is 0.0285. The highest BCUT2D eigenvalue weighted by Crippen LogP contribution is 2.35. The van der Waals surface area contributed by atoms with Crippen LogP contribution in [0.5, 0.6) is 0 Å². The Balaban J connectivity index is 1.45. The van der Waals surface area contributed by atoms with E-state index in [2.05, 4.69) is 15.5 Å². The number of nitrogens with zero attached hydrogens (tertiary/aromatic N) is 3. The molecule has 0 aliphatic carbocycles. The molecule has 2 bridgehead atoms. The van der Waals surface area contributed by atoms with Crippen LogP contribution < -0.4 is 10.9 Å². The zero-order chi connectivity index (χ0) is 17.0. The minimum Gasteiger partial charge on any atom is -0.336 e. The fourth-order valence-corrected chi connectivity index (χ4v) is 4.63. The number of pyridine rings is 1. The Morgan fingerprint density at radius 1 is 1.24 bits per heavy atom. The average molecular weight is 339 g/mol. The van der Waals surface area contributed by atoms with E-state index < -0.39 is 0 Å². The molecular formula is C18H21N5O2. The number of hydrogen-bond acceptors (Lipinski definition) is 4. The first kappa shape index (κ1) is 14.9.